The van der Waals surface area contributed by atoms with E-state index in [0.29, 0.717) is 12.3 Å². The maximum absolute atomic E-state index is 12.9. The Morgan fingerprint density at radius 3 is 2.07 bits per heavy atom. The number of rotatable bonds is 14. The third kappa shape index (κ3) is 8.78. The molecule has 0 aromatic carbocycles. The van der Waals surface area contributed by atoms with Crippen molar-refractivity contribution < 1.29 is 9.59 Å². The predicted molar refractivity (Wildman–Crippen MR) is 123 cm³/mol. The van der Waals surface area contributed by atoms with Crippen LogP contribution in [-0.4, -0.2) is 41.8 Å². The van der Waals surface area contributed by atoms with Gasteiger partial charge in [-0.25, -0.2) is 0 Å². The van der Waals surface area contributed by atoms with E-state index < -0.39 is 0 Å². The summed E-state index contributed by atoms with van der Waals surface area (Å²) >= 11 is 0. The molecule has 0 aliphatic carbocycles. The zero-order valence-electron chi connectivity index (χ0n) is 20.2. The van der Waals surface area contributed by atoms with Crippen LogP contribution in [0.5, 0.6) is 0 Å². The highest BCUT2D eigenvalue weighted by molar-refractivity contribution is 5.86. The summed E-state index contributed by atoms with van der Waals surface area (Å²) in [5.74, 6) is 0.717. The molecule has 170 valence electrons. The first-order chi connectivity index (χ1) is 13.7. The van der Waals surface area contributed by atoms with Crippen LogP contribution in [-0.2, 0) is 9.59 Å². The van der Waals surface area contributed by atoms with Gasteiger partial charge < -0.3 is 10.2 Å². The number of likely N-dealkylation sites (tertiary alicyclic amines) is 1. The van der Waals surface area contributed by atoms with E-state index in [1.54, 1.807) is 0 Å². The van der Waals surface area contributed by atoms with E-state index >= 15 is 0 Å². The van der Waals surface area contributed by atoms with E-state index in [9.17, 15) is 9.59 Å². The molecule has 4 nitrogen and oxygen atoms in total. The van der Waals surface area contributed by atoms with E-state index in [2.05, 4.69) is 46.9 Å². The highest BCUT2D eigenvalue weighted by Crippen LogP contribution is 2.32. The number of piperidine rings is 1. The van der Waals surface area contributed by atoms with Gasteiger partial charge in [0.1, 0.15) is 5.78 Å². The van der Waals surface area contributed by atoms with Crippen molar-refractivity contribution in [2.45, 2.75) is 118 Å². The van der Waals surface area contributed by atoms with Crippen LogP contribution in [0.25, 0.3) is 0 Å². The maximum Gasteiger partial charge on any atom is 0.236 e. The van der Waals surface area contributed by atoms with Gasteiger partial charge in [-0.3, -0.25) is 9.59 Å². The molecule has 0 radical (unpaired) electrons. The van der Waals surface area contributed by atoms with Gasteiger partial charge in [0.2, 0.25) is 5.91 Å². The summed E-state index contributed by atoms with van der Waals surface area (Å²) in [4.78, 5) is 27.6. The topological polar surface area (TPSA) is 49.4 Å². The number of carbonyl (C=O) groups excluding carboxylic acids is 2. The van der Waals surface area contributed by atoms with Crippen LogP contribution in [0.4, 0.5) is 0 Å². The molecule has 0 bridgehead atoms. The van der Waals surface area contributed by atoms with Crippen molar-refractivity contribution in [3.8, 4) is 0 Å². The third-order valence-electron chi connectivity index (χ3n) is 7.07. The fraction of sp³-hybridized carbons (Fsp3) is 0.920. The van der Waals surface area contributed by atoms with Crippen molar-refractivity contribution in [2.24, 2.45) is 11.3 Å². The van der Waals surface area contributed by atoms with Crippen LogP contribution in [0.15, 0.2) is 0 Å². The molecule has 1 saturated heterocycles. The Hall–Kier alpha value is -0.900. The van der Waals surface area contributed by atoms with Crippen molar-refractivity contribution in [3.63, 3.8) is 0 Å². The Labute approximate surface area is 180 Å². The fourth-order valence-electron chi connectivity index (χ4n) is 4.42. The van der Waals surface area contributed by atoms with Gasteiger partial charge in [-0.15, -0.1) is 0 Å². The normalized spacial score (nSPS) is 17.9. The largest absolute Gasteiger partial charge is 0.342 e. The molecule has 0 aromatic heterocycles. The smallest absolute Gasteiger partial charge is 0.236 e. The molecular formula is C25H48N2O2. The second kappa shape index (κ2) is 12.7. The van der Waals surface area contributed by atoms with Crippen molar-refractivity contribution in [1.82, 2.24) is 10.2 Å². The molecule has 1 unspecified atom stereocenters. The van der Waals surface area contributed by atoms with Crippen molar-refractivity contribution in [1.29, 1.82) is 0 Å². The van der Waals surface area contributed by atoms with Crippen LogP contribution in [0.3, 0.4) is 0 Å². The molecule has 1 atom stereocenters. The lowest BCUT2D eigenvalue weighted by Crippen LogP contribution is -2.50. The van der Waals surface area contributed by atoms with Crippen LogP contribution >= 0.6 is 0 Å². The highest BCUT2D eigenvalue weighted by Gasteiger charge is 2.35. The van der Waals surface area contributed by atoms with Crippen molar-refractivity contribution >= 4 is 11.7 Å². The molecule has 4 heteroatoms. The number of unbranched alkanes of at least 4 members (excludes halogenated alkanes) is 4. The number of nitrogens with one attached hydrogen (secondary N) is 1. The van der Waals surface area contributed by atoms with Crippen LogP contribution in [0.2, 0.25) is 0 Å². The Morgan fingerprint density at radius 1 is 0.897 bits per heavy atom. The molecule has 1 amide bonds. The molecule has 1 aliphatic rings. The van der Waals surface area contributed by atoms with E-state index in [1.165, 1.54) is 25.7 Å². The summed E-state index contributed by atoms with van der Waals surface area (Å²) in [5.41, 5.74) is -0.184. The first-order valence-corrected chi connectivity index (χ1v) is 12.3. The van der Waals surface area contributed by atoms with Crippen LogP contribution < -0.4 is 5.32 Å². The number of carbonyl (C=O) groups is 2. The Bertz CT molecular complexity index is 495. The van der Waals surface area contributed by atoms with Crippen molar-refractivity contribution in [2.75, 3.05) is 19.6 Å². The van der Waals surface area contributed by atoms with Crippen molar-refractivity contribution in [3.05, 3.63) is 0 Å². The summed E-state index contributed by atoms with van der Waals surface area (Å²) in [6.45, 7) is 14.9. The summed E-state index contributed by atoms with van der Waals surface area (Å²) in [5, 5.41) is 3.54. The van der Waals surface area contributed by atoms with Gasteiger partial charge >= 0.3 is 0 Å². The molecule has 1 fully saturated rings. The molecule has 1 heterocycles. The van der Waals surface area contributed by atoms with E-state index in [0.717, 1.165) is 58.0 Å². The van der Waals surface area contributed by atoms with Gasteiger partial charge in [0.15, 0.2) is 0 Å². The number of ketones is 1. The number of Topliss-reactive ketones (excluding diaryl/α,β-unsaturated/α-hetero) is 1. The molecular weight excluding hydrogens is 360 g/mol. The fourth-order valence-corrected chi connectivity index (χ4v) is 4.42. The first-order valence-electron chi connectivity index (χ1n) is 12.3. The number of hydrogen-bond donors (Lipinski definition) is 1. The lowest BCUT2D eigenvalue weighted by atomic mass is 9.75. The zero-order chi connectivity index (χ0) is 21.9. The number of hydrogen-bond acceptors (Lipinski definition) is 3. The Balaban J connectivity index is 2.43. The second-order valence-electron chi connectivity index (χ2n) is 10.1. The SMILES string of the molecule is CCCCCCC(C)(CC)NCC(=O)N1CCC(C(=O)C(C)(C)CCCC)CC1. The van der Waals surface area contributed by atoms with Crippen LogP contribution in [0, 0.1) is 11.3 Å². The lowest BCUT2D eigenvalue weighted by molar-refractivity contribution is -0.138. The van der Waals surface area contributed by atoms with Gasteiger partial charge in [-0.1, -0.05) is 73.1 Å². The average Bonchev–Trinajstić information content (AvgIpc) is 2.73. The minimum atomic E-state index is -0.227. The average molecular weight is 409 g/mol. The summed E-state index contributed by atoms with van der Waals surface area (Å²) in [6, 6.07) is 0. The number of nitrogens with zero attached hydrogens (tertiary/aromatic N) is 1. The Morgan fingerprint density at radius 2 is 1.52 bits per heavy atom. The quantitative estimate of drug-likeness (QED) is 0.373. The standard InChI is InChI=1S/C25H48N2O2/c1-7-10-12-13-17-25(6,9-3)26-20-22(28)27-18-14-21(15-19-27)23(29)24(4,5)16-11-8-2/h21,26H,7-20H2,1-6H3. The Kier molecular flexibility index (Phi) is 11.5. The van der Waals surface area contributed by atoms with Gasteiger partial charge in [0.25, 0.3) is 0 Å². The lowest BCUT2D eigenvalue weighted by Gasteiger charge is -2.36. The van der Waals surface area contributed by atoms with Gasteiger partial charge in [-0.05, 0) is 39.0 Å². The summed E-state index contributed by atoms with van der Waals surface area (Å²) in [6.07, 6.45) is 12.1. The molecule has 0 aromatic rings. The van der Waals surface area contributed by atoms with E-state index in [1.807, 2.05) is 4.90 Å². The molecule has 1 rings (SSSR count). The number of amides is 1. The molecule has 0 spiro atoms. The summed E-state index contributed by atoms with van der Waals surface area (Å²) in [7, 11) is 0. The first kappa shape index (κ1) is 26.1. The van der Waals surface area contributed by atoms with E-state index in [4.69, 9.17) is 0 Å². The molecule has 0 saturated carbocycles. The third-order valence-corrected chi connectivity index (χ3v) is 7.07. The minimum Gasteiger partial charge on any atom is -0.342 e. The zero-order valence-corrected chi connectivity index (χ0v) is 20.2. The molecule has 29 heavy (non-hydrogen) atoms. The minimum absolute atomic E-state index is 0.0427. The monoisotopic (exact) mass is 408 g/mol. The van der Waals surface area contributed by atoms with Gasteiger partial charge in [0, 0.05) is 30.0 Å². The molecule has 1 N–H and O–H groups in total. The second-order valence-corrected chi connectivity index (χ2v) is 10.1. The molecule has 1 aliphatic heterocycles. The van der Waals surface area contributed by atoms with Gasteiger partial charge in [-0.2, -0.15) is 0 Å². The predicted octanol–water partition coefficient (Wildman–Crippen LogP) is 5.74. The van der Waals surface area contributed by atoms with Crippen LogP contribution in [0.1, 0.15) is 112 Å². The summed E-state index contributed by atoms with van der Waals surface area (Å²) < 4.78 is 0. The maximum atomic E-state index is 12.9. The van der Waals surface area contributed by atoms with E-state index in [-0.39, 0.29) is 22.8 Å². The van der Waals surface area contributed by atoms with Gasteiger partial charge in [0.05, 0.1) is 6.54 Å². The highest BCUT2D eigenvalue weighted by atomic mass is 16.2.